The summed E-state index contributed by atoms with van der Waals surface area (Å²) in [7, 11) is 0. The Morgan fingerprint density at radius 1 is 1.42 bits per heavy atom. The van der Waals surface area contributed by atoms with E-state index in [0.29, 0.717) is 18.9 Å². The van der Waals surface area contributed by atoms with Crippen LogP contribution in [-0.2, 0) is 4.79 Å². The molecule has 1 saturated heterocycles. The van der Waals surface area contributed by atoms with Crippen molar-refractivity contribution in [3.8, 4) is 0 Å². The second-order valence-corrected chi connectivity index (χ2v) is 6.51. The van der Waals surface area contributed by atoms with Gasteiger partial charge in [0.1, 0.15) is 0 Å². The van der Waals surface area contributed by atoms with Crippen LogP contribution in [0.2, 0.25) is 0 Å². The van der Waals surface area contributed by atoms with Crippen LogP contribution in [0.3, 0.4) is 0 Å². The first-order valence-corrected chi connectivity index (χ1v) is 7.55. The lowest BCUT2D eigenvalue weighted by molar-refractivity contribution is -0.130. The Morgan fingerprint density at radius 3 is 2.58 bits per heavy atom. The zero-order valence-electron chi connectivity index (χ0n) is 11.5. The predicted octanol–water partition coefficient (Wildman–Crippen LogP) is 2.75. The fraction of sp³-hybridized carbons (Fsp3) is 0.533. The molecule has 1 aliphatic heterocycles. The van der Waals surface area contributed by atoms with Gasteiger partial charge in [0.25, 0.3) is 0 Å². The highest BCUT2D eigenvalue weighted by Gasteiger charge is 2.30. The molecule has 1 amide bonds. The highest BCUT2D eigenvalue weighted by atomic mass is 79.9. The summed E-state index contributed by atoms with van der Waals surface area (Å²) in [5, 5.41) is 0. The normalized spacial score (nSPS) is 24.5. The van der Waals surface area contributed by atoms with Crippen LogP contribution in [0.25, 0.3) is 0 Å². The monoisotopic (exact) mass is 324 g/mol. The molecule has 1 heterocycles. The van der Waals surface area contributed by atoms with Crippen molar-refractivity contribution >= 4 is 21.8 Å². The molecule has 4 heteroatoms. The molecular weight excluding hydrogens is 304 g/mol. The van der Waals surface area contributed by atoms with E-state index >= 15 is 0 Å². The van der Waals surface area contributed by atoms with Gasteiger partial charge in [-0.25, -0.2) is 0 Å². The van der Waals surface area contributed by atoms with E-state index in [4.69, 9.17) is 5.73 Å². The molecule has 104 valence electrons. The zero-order chi connectivity index (χ0) is 14.0. The quantitative estimate of drug-likeness (QED) is 0.929. The molecule has 1 aromatic carbocycles. The first kappa shape index (κ1) is 14.5. The van der Waals surface area contributed by atoms with E-state index in [9.17, 15) is 4.79 Å². The standard InChI is InChI=1S/C15H21BrN2O/c1-10(12-3-5-13(16)6-4-12)7-15(19)18-8-11(2)14(17)9-18/h3-6,10-11,14H,7-9,17H2,1-2H3. The van der Waals surface area contributed by atoms with Gasteiger partial charge in [0.15, 0.2) is 0 Å². The average Bonchev–Trinajstić information content (AvgIpc) is 2.70. The fourth-order valence-electron chi connectivity index (χ4n) is 2.50. The van der Waals surface area contributed by atoms with Gasteiger partial charge in [-0.15, -0.1) is 0 Å². The van der Waals surface area contributed by atoms with Crippen LogP contribution in [0.15, 0.2) is 28.7 Å². The van der Waals surface area contributed by atoms with Crippen LogP contribution in [0.1, 0.15) is 31.7 Å². The van der Waals surface area contributed by atoms with Crippen LogP contribution >= 0.6 is 15.9 Å². The third-order valence-electron chi connectivity index (χ3n) is 3.94. The summed E-state index contributed by atoms with van der Waals surface area (Å²) in [6, 6.07) is 8.31. The van der Waals surface area contributed by atoms with Gasteiger partial charge < -0.3 is 10.6 Å². The molecule has 0 spiro atoms. The number of hydrogen-bond acceptors (Lipinski definition) is 2. The van der Waals surface area contributed by atoms with E-state index in [1.54, 1.807) is 0 Å². The smallest absolute Gasteiger partial charge is 0.223 e. The molecule has 3 unspecified atom stereocenters. The van der Waals surface area contributed by atoms with E-state index in [1.165, 1.54) is 5.56 Å². The summed E-state index contributed by atoms with van der Waals surface area (Å²) < 4.78 is 1.06. The first-order chi connectivity index (χ1) is 8.97. The minimum atomic E-state index is 0.131. The third-order valence-corrected chi connectivity index (χ3v) is 4.47. The Bertz CT molecular complexity index is 436. The minimum Gasteiger partial charge on any atom is -0.341 e. The summed E-state index contributed by atoms with van der Waals surface area (Å²) in [5.41, 5.74) is 7.17. The molecule has 3 nitrogen and oxygen atoms in total. The van der Waals surface area contributed by atoms with Gasteiger partial charge in [-0.05, 0) is 29.5 Å². The van der Waals surface area contributed by atoms with Crippen molar-refractivity contribution in [2.75, 3.05) is 13.1 Å². The molecule has 3 atom stereocenters. The number of nitrogens with zero attached hydrogens (tertiary/aromatic N) is 1. The summed E-state index contributed by atoms with van der Waals surface area (Å²) in [6.45, 7) is 5.71. The van der Waals surface area contributed by atoms with Crippen molar-refractivity contribution in [3.63, 3.8) is 0 Å². The fourth-order valence-corrected chi connectivity index (χ4v) is 2.76. The van der Waals surface area contributed by atoms with Crippen molar-refractivity contribution in [1.82, 2.24) is 4.90 Å². The summed E-state index contributed by atoms with van der Waals surface area (Å²) in [4.78, 5) is 14.2. The average molecular weight is 325 g/mol. The molecule has 19 heavy (non-hydrogen) atoms. The Labute approximate surface area is 123 Å². The van der Waals surface area contributed by atoms with Crippen molar-refractivity contribution in [2.45, 2.75) is 32.2 Å². The minimum absolute atomic E-state index is 0.131. The Kier molecular flexibility index (Phi) is 4.63. The van der Waals surface area contributed by atoms with Crippen LogP contribution in [0.4, 0.5) is 0 Å². The van der Waals surface area contributed by atoms with Gasteiger partial charge in [0.05, 0.1) is 0 Å². The lowest BCUT2D eigenvalue weighted by Gasteiger charge is -2.19. The summed E-state index contributed by atoms with van der Waals surface area (Å²) >= 11 is 3.42. The van der Waals surface area contributed by atoms with Gasteiger partial charge >= 0.3 is 0 Å². The third kappa shape index (κ3) is 3.57. The number of hydrogen-bond donors (Lipinski definition) is 1. The van der Waals surface area contributed by atoms with Gasteiger partial charge in [-0.1, -0.05) is 41.9 Å². The lowest BCUT2D eigenvalue weighted by Crippen LogP contribution is -2.32. The topological polar surface area (TPSA) is 46.3 Å². The van der Waals surface area contributed by atoms with E-state index < -0.39 is 0 Å². The number of nitrogens with two attached hydrogens (primary N) is 1. The molecule has 1 fully saturated rings. The maximum absolute atomic E-state index is 12.2. The maximum atomic E-state index is 12.2. The Balaban J connectivity index is 1.94. The van der Waals surface area contributed by atoms with E-state index in [-0.39, 0.29) is 17.9 Å². The van der Waals surface area contributed by atoms with Crippen LogP contribution in [0, 0.1) is 5.92 Å². The van der Waals surface area contributed by atoms with Crippen LogP contribution in [-0.4, -0.2) is 29.9 Å². The first-order valence-electron chi connectivity index (χ1n) is 6.76. The lowest BCUT2D eigenvalue weighted by atomic mass is 9.97. The number of amides is 1. The van der Waals surface area contributed by atoms with Gasteiger partial charge in [0, 0.05) is 30.0 Å². The predicted molar refractivity (Wildman–Crippen MR) is 80.9 cm³/mol. The largest absolute Gasteiger partial charge is 0.341 e. The van der Waals surface area contributed by atoms with Gasteiger partial charge in [-0.3, -0.25) is 4.79 Å². The zero-order valence-corrected chi connectivity index (χ0v) is 13.1. The molecule has 0 aromatic heterocycles. The summed E-state index contributed by atoms with van der Waals surface area (Å²) in [5.74, 6) is 0.870. The summed E-state index contributed by atoms with van der Waals surface area (Å²) in [6.07, 6.45) is 0.557. The van der Waals surface area contributed by atoms with Crippen LogP contribution in [0.5, 0.6) is 0 Å². The number of carbonyl (C=O) groups is 1. The van der Waals surface area contributed by atoms with Crippen molar-refractivity contribution in [2.24, 2.45) is 11.7 Å². The molecular formula is C15H21BrN2O. The van der Waals surface area contributed by atoms with Gasteiger partial charge in [0.2, 0.25) is 5.91 Å². The number of halogens is 1. The highest BCUT2D eigenvalue weighted by Crippen LogP contribution is 2.24. The van der Waals surface area contributed by atoms with E-state index in [2.05, 4.69) is 41.9 Å². The van der Waals surface area contributed by atoms with Crippen molar-refractivity contribution in [1.29, 1.82) is 0 Å². The van der Waals surface area contributed by atoms with E-state index in [0.717, 1.165) is 11.0 Å². The van der Waals surface area contributed by atoms with Crippen molar-refractivity contribution in [3.05, 3.63) is 34.3 Å². The second kappa shape index (κ2) is 6.06. The molecule has 1 aliphatic rings. The number of benzene rings is 1. The molecule has 0 radical (unpaired) electrons. The Hall–Kier alpha value is -0.870. The molecule has 2 N–H and O–H groups in total. The molecule has 0 bridgehead atoms. The maximum Gasteiger partial charge on any atom is 0.223 e. The molecule has 1 aromatic rings. The van der Waals surface area contributed by atoms with Crippen LogP contribution < -0.4 is 5.73 Å². The SMILES string of the molecule is CC(CC(=O)N1CC(C)C(N)C1)c1ccc(Br)cc1. The number of carbonyl (C=O) groups excluding carboxylic acids is 1. The number of likely N-dealkylation sites (tertiary alicyclic amines) is 1. The Morgan fingerprint density at radius 2 is 2.05 bits per heavy atom. The molecule has 0 aliphatic carbocycles. The molecule has 0 saturated carbocycles. The van der Waals surface area contributed by atoms with Gasteiger partial charge in [-0.2, -0.15) is 0 Å². The number of rotatable bonds is 3. The highest BCUT2D eigenvalue weighted by molar-refractivity contribution is 9.10. The van der Waals surface area contributed by atoms with E-state index in [1.807, 2.05) is 17.0 Å². The second-order valence-electron chi connectivity index (χ2n) is 5.60. The van der Waals surface area contributed by atoms with Crippen molar-refractivity contribution < 1.29 is 4.79 Å². The molecule has 2 rings (SSSR count).